The van der Waals surface area contributed by atoms with E-state index in [1.54, 1.807) is 31.1 Å². The van der Waals surface area contributed by atoms with Crippen LogP contribution in [0.2, 0.25) is 0 Å². The van der Waals surface area contributed by atoms with E-state index in [2.05, 4.69) is 4.98 Å². The number of carbonyl (C=O) groups is 1. The first-order valence-electron chi connectivity index (χ1n) is 5.83. The van der Waals surface area contributed by atoms with Crippen molar-refractivity contribution in [2.75, 3.05) is 0 Å². The van der Waals surface area contributed by atoms with Gasteiger partial charge >= 0.3 is 0 Å². The first-order valence-corrected chi connectivity index (χ1v) is 6.88. The van der Waals surface area contributed by atoms with Gasteiger partial charge in [0.1, 0.15) is 5.78 Å². The zero-order valence-corrected chi connectivity index (χ0v) is 11.1. The maximum atomic E-state index is 11.7. The van der Waals surface area contributed by atoms with Crippen LogP contribution in [0.5, 0.6) is 0 Å². The summed E-state index contributed by atoms with van der Waals surface area (Å²) in [5.74, 6) is 1.02. The minimum Gasteiger partial charge on any atom is -0.298 e. The molecule has 1 aromatic carbocycles. The van der Waals surface area contributed by atoms with Crippen LogP contribution in [0.1, 0.15) is 23.3 Å². The number of pyridine rings is 1. The molecule has 0 N–H and O–H groups in total. The molecule has 0 spiro atoms. The van der Waals surface area contributed by atoms with Crippen molar-refractivity contribution in [2.45, 2.75) is 17.9 Å². The number of aromatic nitrogens is 1. The lowest BCUT2D eigenvalue weighted by Gasteiger charge is -2.13. The summed E-state index contributed by atoms with van der Waals surface area (Å²) >= 11 is 1.66. The molecule has 1 atom stereocenters. The summed E-state index contributed by atoms with van der Waals surface area (Å²) in [5.41, 5.74) is 2.27. The van der Waals surface area contributed by atoms with E-state index in [4.69, 9.17) is 0 Å². The second-order valence-electron chi connectivity index (χ2n) is 4.07. The average molecular weight is 257 g/mol. The molecule has 3 heteroatoms. The van der Waals surface area contributed by atoms with Crippen LogP contribution in [-0.4, -0.2) is 10.8 Å². The molecule has 0 bridgehead atoms. The van der Waals surface area contributed by atoms with E-state index in [0.29, 0.717) is 0 Å². The molecule has 92 valence electrons. The molecule has 0 aliphatic rings. The van der Waals surface area contributed by atoms with Gasteiger partial charge in [0.15, 0.2) is 0 Å². The van der Waals surface area contributed by atoms with Crippen LogP contribution in [-0.2, 0) is 10.5 Å². The van der Waals surface area contributed by atoms with Crippen molar-refractivity contribution in [1.29, 1.82) is 0 Å². The van der Waals surface area contributed by atoms with Gasteiger partial charge in [-0.25, -0.2) is 0 Å². The standard InChI is InChI=1S/C15H15NOS/c1-12(17)15(14-5-3-2-4-6-14)18-11-13-7-9-16-10-8-13/h2-10,15H,11H2,1H3. The van der Waals surface area contributed by atoms with Crippen molar-refractivity contribution < 1.29 is 4.79 Å². The highest BCUT2D eigenvalue weighted by molar-refractivity contribution is 7.99. The molecule has 1 heterocycles. The average Bonchev–Trinajstić information content (AvgIpc) is 2.41. The van der Waals surface area contributed by atoms with Crippen molar-refractivity contribution in [3.05, 3.63) is 66.0 Å². The van der Waals surface area contributed by atoms with Gasteiger partial charge in [0.05, 0.1) is 5.25 Å². The Bertz CT molecular complexity index is 498. The quantitative estimate of drug-likeness (QED) is 0.819. The van der Waals surface area contributed by atoms with E-state index in [1.807, 2.05) is 42.5 Å². The summed E-state index contributed by atoms with van der Waals surface area (Å²) in [4.78, 5) is 15.7. The molecular formula is C15H15NOS. The maximum absolute atomic E-state index is 11.7. The number of hydrogen-bond donors (Lipinski definition) is 0. The van der Waals surface area contributed by atoms with Crippen molar-refractivity contribution >= 4 is 17.5 Å². The van der Waals surface area contributed by atoms with E-state index in [1.165, 1.54) is 5.56 Å². The van der Waals surface area contributed by atoms with E-state index in [-0.39, 0.29) is 11.0 Å². The highest BCUT2D eigenvalue weighted by Gasteiger charge is 2.16. The molecule has 1 unspecified atom stereocenters. The first-order chi connectivity index (χ1) is 8.77. The highest BCUT2D eigenvalue weighted by atomic mass is 32.2. The second kappa shape index (κ2) is 6.36. The van der Waals surface area contributed by atoms with E-state index >= 15 is 0 Å². The van der Waals surface area contributed by atoms with Gasteiger partial charge in [-0.05, 0) is 30.2 Å². The van der Waals surface area contributed by atoms with E-state index in [0.717, 1.165) is 11.3 Å². The number of carbonyl (C=O) groups excluding carboxylic acids is 1. The smallest absolute Gasteiger partial charge is 0.147 e. The largest absolute Gasteiger partial charge is 0.298 e. The lowest BCUT2D eigenvalue weighted by Crippen LogP contribution is -2.05. The number of thioether (sulfide) groups is 1. The molecule has 1 aromatic heterocycles. The number of benzene rings is 1. The van der Waals surface area contributed by atoms with Crippen LogP contribution < -0.4 is 0 Å². The summed E-state index contributed by atoms with van der Waals surface area (Å²) in [6.45, 7) is 1.65. The Balaban J connectivity index is 2.06. The third-order valence-electron chi connectivity index (χ3n) is 2.64. The van der Waals surface area contributed by atoms with Crippen LogP contribution in [0.3, 0.4) is 0 Å². The predicted molar refractivity (Wildman–Crippen MR) is 75.4 cm³/mol. The fraction of sp³-hybridized carbons (Fsp3) is 0.200. The number of hydrogen-bond acceptors (Lipinski definition) is 3. The van der Waals surface area contributed by atoms with Gasteiger partial charge in [-0.15, -0.1) is 11.8 Å². The Morgan fingerprint density at radius 1 is 1.17 bits per heavy atom. The minimum atomic E-state index is -0.0839. The second-order valence-corrected chi connectivity index (χ2v) is 5.16. The SMILES string of the molecule is CC(=O)C(SCc1ccncc1)c1ccccc1. The molecule has 0 fully saturated rings. The Morgan fingerprint density at radius 2 is 1.83 bits per heavy atom. The molecule has 0 radical (unpaired) electrons. The van der Waals surface area contributed by atoms with Crippen molar-refractivity contribution in [1.82, 2.24) is 4.98 Å². The summed E-state index contributed by atoms with van der Waals surface area (Å²) in [6, 6.07) is 13.9. The fourth-order valence-electron chi connectivity index (χ4n) is 1.73. The number of rotatable bonds is 5. The molecule has 0 amide bonds. The molecule has 0 aliphatic carbocycles. The molecule has 2 rings (SSSR count). The van der Waals surface area contributed by atoms with Crippen molar-refractivity contribution in [3.63, 3.8) is 0 Å². The Morgan fingerprint density at radius 3 is 2.44 bits per heavy atom. The van der Waals surface area contributed by atoms with Gasteiger partial charge in [-0.2, -0.15) is 0 Å². The van der Waals surface area contributed by atoms with Crippen molar-refractivity contribution in [3.8, 4) is 0 Å². The maximum Gasteiger partial charge on any atom is 0.147 e. The molecule has 0 saturated heterocycles. The fourth-order valence-corrected chi connectivity index (χ4v) is 2.87. The van der Waals surface area contributed by atoms with E-state index < -0.39 is 0 Å². The highest BCUT2D eigenvalue weighted by Crippen LogP contribution is 2.32. The molecular weight excluding hydrogens is 242 g/mol. The molecule has 2 aromatic rings. The number of ketones is 1. The summed E-state index contributed by atoms with van der Waals surface area (Å²) in [6.07, 6.45) is 3.56. The Hall–Kier alpha value is -1.61. The van der Waals surface area contributed by atoms with Gasteiger partial charge < -0.3 is 0 Å². The summed E-state index contributed by atoms with van der Waals surface area (Å²) in [5, 5.41) is -0.0839. The van der Waals surface area contributed by atoms with Crippen molar-refractivity contribution in [2.24, 2.45) is 0 Å². The van der Waals surface area contributed by atoms with Gasteiger partial charge in [0.2, 0.25) is 0 Å². The lowest BCUT2D eigenvalue weighted by molar-refractivity contribution is -0.116. The third-order valence-corrected chi connectivity index (χ3v) is 4.07. The number of nitrogens with zero attached hydrogens (tertiary/aromatic N) is 1. The van der Waals surface area contributed by atoms with Crippen LogP contribution in [0.25, 0.3) is 0 Å². The lowest BCUT2D eigenvalue weighted by atomic mass is 10.1. The van der Waals surface area contributed by atoms with E-state index in [9.17, 15) is 4.79 Å². The van der Waals surface area contributed by atoms with Crippen LogP contribution >= 0.6 is 11.8 Å². The Kier molecular flexibility index (Phi) is 4.53. The van der Waals surface area contributed by atoms with Gasteiger partial charge in [0, 0.05) is 18.1 Å². The normalized spacial score (nSPS) is 12.1. The number of Topliss-reactive ketones (excluding diaryl/α,β-unsaturated/α-hetero) is 1. The van der Waals surface area contributed by atoms with Gasteiger partial charge in [-0.1, -0.05) is 30.3 Å². The van der Waals surface area contributed by atoms with Gasteiger partial charge in [-0.3, -0.25) is 9.78 Å². The van der Waals surface area contributed by atoms with Crippen LogP contribution in [0.4, 0.5) is 0 Å². The minimum absolute atomic E-state index is 0.0839. The third kappa shape index (κ3) is 3.44. The van der Waals surface area contributed by atoms with Crippen LogP contribution in [0.15, 0.2) is 54.9 Å². The zero-order chi connectivity index (χ0) is 12.8. The predicted octanol–water partition coefficient (Wildman–Crippen LogP) is 3.65. The monoisotopic (exact) mass is 257 g/mol. The summed E-state index contributed by atoms with van der Waals surface area (Å²) in [7, 11) is 0. The topological polar surface area (TPSA) is 30.0 Å². The van der Waals surface area contributed by atoms with Gasteiger partial charge in [0.25, 0.3) is 0 Å². The molecule has 2 nitrogen and oxygen atoms in total. The molecule has 0 aliphatic heterocycles. The first kappa shape index (κ1) is 12.8. The van der Waals surface area contributed by atoms with Crippen LogP contribution in [0, 0.1) is 0 Å². The molecule has 18 heavy (non-hydrogen) atoms. The zero-order valence-electron chi connectivity index (χ0n) is 10.2. The Labute approximate surface area is 111 Å². The summed E-state index contributed by atoms with van der Waals surface area (Å²) < 4.78 is 0. The molecule has 0 saturated carbocycles.